The zero-order valence-corrected chi connectivity index (χ0v) is 11.0. The molecule has 0 aromatic rings. The third-order valence-corrected chi connectivity index (χ3v) is 3.23. The fraction of sp³-hybridized carbons (Fsp3) is 0.200. The number of fused-ring (bicyclic) bond motifs is 1. The summed E-state index contributed by atoms with van der Waals surface area (Å²) >= 11 is 0. The lowest BCUT2D eigenvalue weighted by atomic mass is 10.2. The average molecular weight is 224 g/mol. The molecular formula is C15H16Si. The third-order valence-electron chi connectivity index (χ3n) is 2.35. The van der Waals surface area contributed by atoms with E-state index in [0.29, 0.717) is 0 Å². The second kappa shape index (κ2) is 4.15. The first-order chi connectivity index (χ1) is 7.54. The maximum Gasteiger partial charge on any atom is 0.129 e. The van der Waals surface area contributed by atoms with Crippen LogP contribution in [0.2, 0.25) is 19.6 Å². The van der Waals surface area contributed by atoms with E-state index < -0.39 is 8.07 Å². The van der Waals surface area contributed by atoms with Gasteiger partial charge in [-0.25, -0.2) is 0 Å². The smallest absolute Gasteiger partial charge is 0.127 e. The van der Waals surface area contributed by atoms with Crippen LogP contribution < -0.4 is 0 Å². The van der Waals surface area contributed by atoms with Crippen LogP contribution >= 0.6 is 0 Å². The van der Waals surface area contributed by atoms with Crippen LogP contribution in [-0.2, 0) is 0 Å². The van der Waals surface area contributed by atoms with Crippen molar-refractivity contribution in [3.05, 3.63) is 48.0 Å². The van der Waals surface area contributed by atoms with E-state index in [-0.39, 0.29) is 0 Å². The van der Waals surface area contributed by atoms with Gasteiger partial charge in [0.1, 0.15) is 8.07 Å². The van der Waals surface area contributed by atoms with Crippen molar-refractivity contribution >= 4 is 8.07 Å². The Hall–Kier alpha value is -1.52. The highest BCUT2D eigenvalue weighted by atomic mass is 28.3. The van der Waals surface area contributed by atoms with Crippen LogP contribution in [0.1, 0.15) is 5.56 Å². The molecular weight excluding hydrogens is 208 g/mol. The topological polar surface area (TPSA) is 0 Å². The normalized spacial score (nSPS) is 10.9. The molecule has 0 aromatic heterocycles. The van der Waals surface area contributed by atoms with E-state index in [1.54, 1.807) is 0 Å². The highest BCUT2D eigenvalue weighted by molar-refractivity contribution is 6.83. The summed E-state index contributed by atoms with van der Waals surface area (Å²) in [6.07, 6.45) is 0. The van der Waals surface area contributed by atoms with Gasteiger partial charge in [0.2, 0.25) is 0 Å². The van der Waals surface area contributed by atoms with E-state index in [1.165, 1.54) is 11.1 Å². The van der Waals surface area contributed by atoms with Crippen molar-refractivity contribution in [1.82, 2.24) is 0 Å². The van der Waals surface area contributed by atoms with Gasteiger partial charge in [-0.1, -0.05) is 55.9 Å². The molecule has 80 valence electrons. The Morgan fingerprint density at radius 2 is 1.38 bits per heavy atom. The summed E-state index contributed by atoms with van der Waals surface area (Å²) in [7, 11) is -1.27. The van der Waals surface area contributed by atoms with E-state index >= 15 is 0 Å². The predicted octanol–water partition coefficient (Wildman–Crippen LogP) is 4.02. The van der Waals surface area contributed by atoms with Crippen molar-refractivity contribution in [2.45, 2.75) is 19.6 Å². The Labute approximate surface area is 98.7 Å². The molecule has 0 bridgehead atoms. The molecule has 1 heteroatoms. The largest absolute Gasteiger partial charge is 0.129 e. The quantitative estimate of drug-likeness (QED) is 0.468. The lowest BCUT2D eigenvalue weighted by Crippen LogP contribution is -2.16. The molecule has 0 aromatic carbocycles. The molecule has 0 saturated carbocycles. The summed E-state index contributed by atoms with van der Waals surface area (Å²) in [6, 6.07) is 14.8. The molecule has 0 aliphatic heterocycles. The summed E-state index contributed by atoms with van der Waals surface area (Å²) in [4.78, 5) is 0. The van der Waals surface area contributed by atoms with Gasteiger partial charge in [-0.15, -0.1) is 5.54 Å². The fourth-order valence-corrected chi connectivity index (χ4v) is 2.03. The Balaban J connectivity index is 2.39. The minimum atomic E-state index is -1.27. The Morgan fingerprint density at radius 1 is 0.812 bits per heavy atom. The zero-order chi connectivity index (χ0) is 11.6. The molecule has 0 radical (unpaired) electrons. The molecule has 16 heavy (non-hydrogen) atoms. The molecule has 0 unspecified atom stereocenters. The van der Waals surface area contributed by atoms with Gasteiger partial charge >= 0.3 is 0 Å². The summed E-state index contributed by atoms with van der Waals surface area (Å²) in [5.74, 6) is 3.28. The van der Waals surface area contributed by atoms with Gasteiger partial charge in [-0.3, -0.25) is 0 Å². The standard InChI is InChI=1S/C15H16Si/c1-16(2,3)12-11-13-7-9-14-5-4-6-15(14)10-8-13/h4-10H,1-3H3. The Bertz CT molecular complexity index is 493. The van der Waals surface area contributed by atoms with Crippen LogP contribution in [0.15, 0.2) is 42.5 Å². The minimum absolute atomic E-state index is 1.11. The monoisotopic (exact) mass is 224 g/mol. The van der Waals surface area contributed by atoms with Crippen molar-refractivity contribution < 1.29 is 0 Å². The lowest BCUT2D eigenvalue weighted by molar-refractivity contribution is 1.74. The number of rotatable bonds is 0. The predicted molar refractivity (Wildman–Crippen MR) is 73.3 cm³/mol. The molecule has 2 aliphatic rings. The Kier molecular flexibility index (Phi) is 2.85. The van der Waals surface area contributed by atoms with Crippen molar-refractivity contribution in [3.63, 3.8) is 0 Å². The average Bonchev–Trinajstić information content (AvgIpc) is 2.55. The first kappa shape index (κ1) is 11.0. The second-order valence-electron chi connectivity index (χ2n) is 5.06. The van der Waals surface area contributed by atoms with Crippen LogP contribution in [0.3, 0.4) is 0 Å². The molecule has 0 saturated heterocycles. The van der Waals surface area contributed by atoms with E-state index in [2.05, 4.69) is 73.6 Å². The van der Waals surface area contributed by atoms with Gasteiger partial charge in [0.05, 0.1) is 0 Å². The molecule has 0 heterocycles. The molecule has 0 fully saturated rings. The highest BCUT2D eigenvalue weighted by Gasteiger charge is 2.07. The number of hydrogen-bond donors (Lipinski definition) is 0. The van der Waals surface area contributed by atoms with Gasteiger partial charge in [-0.2, -0.15) is 0 Å². The molecule has 2 rings (SSSR count). The first-order valence-corrected chi connectivity index (χ1v) is 9.07. The van der Waals surface area contributed by atoms with Gasteiger partial charge in [0.15, 0.2) is 0 Å². The van der Waals surface area contributed by atoms with Crippen LogP contribution in [0, 0.1) is 11.5 Å². The summed E-state index contributed by atoms with van der Waals surface area (Å²) in [5, 5.41) is 0. The molecule has 0 atom stereocenters. The van der Waals surface area contributed by atoms with Gasteiger partial charge in [0.25, 0.3) is 0 Å². The van der Waals surface area contributed by atoms with Crippen LogP contribution in [0.4, 0.5) is 0 Å². The van der Waals surface area contributed by atoms with Crippen molar-refractivity contribution in [1.29, 1.82) is 0 Å². The maximum absolute atomic E-state index is 3.39. The van der Waals surface area contributed by atoms with Crippen LogP contribution in [-0.4, -0.2) is 8.07 Å². The maximum atomic E-state index is 3.39. The Morgan fingerprint density at radius 3 is 1.88 bits per heavy atom. The molecule has 0 nitrogen and oxygen atoms in total. The van der Waals surface area contributed by atoms with Gasteiger partial charge in [0, 0.05) is 5.56 Å². The molecule has 2 aliphatic carbocycles. The second-order valence-corrected chi connectivity index (χ2v) is 9.81. The summed E-state index contributed by atoms with van der Waals surface area (Å²) < 4.78 is 0. The zero-order valence-electron chi connectivity index (χ0n) is 10.0. The van der Waals surface area contributed by atoms with Crippen molar-refractivity contribution in [2.75, 3.05) is 0 Å². The first-order valence-electron chi connectivity index (χ1n) is 5.57. The molecule has 0 amide bonds. The lowest BCUT2D eigenvalue weighted by Gasteiger charge is -2.02. The van der Waals surface area contributed by atoms with Crippen LogP contribution in [0.5, 0.6) is 0 Å². The van der Waals surface area contributed by atoms with Gasteiger partial charge < -0.3 is 0 Å². The number of hydrogen-bond acceptors (Lipinski definition) is 0. The fourth-order valence-electron chi connectivity index (χ4n) is 1.51. The van der Waals surface area contributed by atoms with E-state index in [0.717, 1.165) is 5.56 Å². The van der Waals surface area contributed by atoms with E-state index in [4.69, 9.17) is 0 Å². The molecule has 0 spiro atoms. The van der Waals surface area contributed by atoms with E-state index in [9.17, 15) is 0 Å². The van der Waals surface area contributed by atoms with Gasteiger partial charge in [-0.05, 0) is 23.3 Å². The summed E-state index contributed by atoms with van der Waals surface area (Å²) in [5.41, 5.74) is 7.06. The van der Waals surface area contributed by atoms with E-state index in [1.807, 2.05) is 0 Å². The molecule has 0 N–H and O–H groups in total. The minimum Gasteiger partial charge on any atom is -0.127 e. The summed E-state index contributed by atoms with van der Waals surface area (Å²) in [6.45, 7) is 6.79. The third kappa shape index (κ3) is 2.74. The van der Waals surface area contributed by atoms with Crippen LogP contribution in [0.25, 0.3) is 11.1 Å². The SMILES string of the molecule is C[Si](C)(C)C#Cc1ccc2cccc-2cc1. The van der Waals surface area contributed by atoms with Crippen molar-refractivity contribution in [2.24, 2.45) is 0 Å². The highest BCUT2D eigenvalue weighted by Crippen LogP contribution is 2.21. The van der Waals surface area contributed by atoms with Crippen molar-refractivity contribution in [3.8, 4) is 22.6 Å².